The molecular formula is C16H20N4O3. The van der Waals surface area contributed by atoms with Crippen molar-refractivity contribution in [2.45, 2.75) is 26.7 Å². The Labute approximate surface area is 134 Å². The zero-order valence-corrected chi connectivity index (χ0v) is 13.5. The summed E-state index contributed by atoms with van der Waals surface area (Å²) in [6, 6.07) is 6.38. The second-order valence-electron chi connectivity index (χ2n) is 5.27. The molecule has 0 saturated heterocycles. The lowest BCUT2D eigenvalue weighted by molar-refractivity contribution is 0.0787. The molecule has 0 unspecified atom stereocenters. The average Bonchev–Trinajstić information content (AvgIpc) is 2.96. The van der Waals surface area contributed by atoms with Gasteiger partial charge < -0.3 is 14.7 Å². The highest BCUT2D eigenvalue weighted by atomic mass is 16.5. The number of nitrogens with one attached hydrogen (secondary N) is 1. The first kappa shape index (κ1) is 16.7. The number of unbranched alkanes of at least 4 members (excludes halogenated alkanes) is 1. The molecule has 0 aliphatic heterocycles. The molecular weight excluding hydrogens is 296 g/mol. The summed E-state index contributed by atoms with van der Waals surface area (Å²) in [5.74, 6) is 0.260. The van der Waals surface area contributed by atoms with Crippen molar-refractivity contribution in [1.82, 2.24) is 15.0 Å². The van der Waals surface area contributed by atoms with Crippen molar-refractivity contribution in [3.63, 3.8) is 0 Å². The van der Waals surface area contributed by atoms with Crippen LogP contribution in [0, 0.1) is 6.92 Å². The highest BCUT2D eigenvalue weighted by Crippen LogP contribution is 2.10. The number of amides is 2. The Morgan fingerprint density at radius 3 is 2.70 bits per heavy atom. The Hall–Kier alpha value is -2.70. The van der Waals surface area contributed by atoms with E-state index < -0.39 is 5.91 Å². The minimum atomic E-state index is -0.441. The van der Waals surface area contributed by atoms with Gasteiger partial charge in [0.2, 0.25) is 0 Å². The van der Waals surface area contributed by atoms with Crippen LogP contribution < -0.4 is 5.32 Å². The minimum Gasteiger partial charge on any atom is -0.360 e. The lowest BCUT2D eigenvalue weighted by atomic mass is 10.2. The van der Waals surface area contributed by atoms with Crippen LogP contribution in [0.25, 0.3) is 0 Å². The van der Waals surface area contributed by atoms with Gasteiger partial charge in [-0.15, -0.1) is 0 Å². The van der Waals surface area contributed by atoms with Crippen molar-refractivity contribution in [3.8, 4) is 0 Å². The molecule has 2 amide bonds. The van der Waals surface area contributed by atoms with Gasteiger partial charge >= 0.3 is 0 Å². The number of rotatable bonds is 6. The zero-order chi connectivity index (χ0) is 16.8. The normalized spacial score (nSPS) is 10.4. The van der Waals surface area contributed by atoms with Gasteiger partial charge in [0.05, 0.1) is 0 Å². The second-order valence-corrected chi connectivity index (χ2v) is 5.27. The third kappa shape index (κ3) is 4.38. The molecule has 2 aromatic rings. The minimum absolute atomic E-state index is 0.153. The van der Waals surface area contributed by atoms with Gasteiger partial charge in [-0.1, -0.05) is 24.6 Å². The summed E-state index contributed by atoms with van der Waals surface area (Å²) in [5, 5.41) is 6.27. The first-order chi connectivity index (χ1) is 11.0. The van der Waals surface area contributed by atoms with E-state index in [9.17, 15) is 9.59 Å². The van der Waals surface area contributed by atoms with Crippen molar-refractivity contribution in [2.24, 2.45) is 0 Å². The van der Waals surface area contributed by atoms with Crippen molar-refractivity contribution in [1.29, 1.82) is 0 Å². The summed E-state index contributed by atoms with van der Waals surface area (Å²) in [6.07, 6.45) is 1.93. The standard InChI is InChI=1S/C16H20N4O3/c1-4-5-9-20(3)16(22)13-8-6-7-12(17-13)15(21)18-14-10-11(2)23-19-14/h6-8,10H,4-5,9H2,1-3H3,(H,18,19,21). The lowest BCUT2D eigenvalue weighted by Gasteiger charge is -2.16. The summed E-state index contributed by atoms with van der Waals surface area (Å²) < 4.78 is 4.89. The maximum Gasteiger partial charge on any atom is 0.275 e. The molecule has 0 atom stereocenters. The van der Waals surface area contributed by atoms with Crippen molar-refractivity contribution >= 4 is 17.6 Å². The van der Waals surface area contributed by atoms with Crippen molar-refractivity contribution in [3.05, 3.63) is 41.4 Å². The molecule has 0 aliphatic rings. The average molecular weight is 316 g/mol. The van der Waals surface area contributed by atoms with Gasteiger partial charge in [0.1, 0.15) is 17.1 Å². The topological polar surface area (TPSA) is 88.3 Å². The Bertz CT molecular complexity index is 696. The van der Waals surface area contributed by atoms with Crippen LogP contribution >= 0.6 is 0 Å². The van der Waals surface area contributed by atoms with E-state index in [4.69, 9.17) is 4.52 Å². The number of carbonyl (C=O) groups is 2. The number of aryl methyl sites for hydroxylation is 1. The smallest absolute Gasteiger partial charge is 0.275 e. The summed E-state index contributed by atoms with van der Waals surface area (Å²) in [6.45, 7) is 4.45. The third-order valence-corrected chi connectivity index (χ3v) is 3.26. The van der Waals surface area contributed by atoms with E-state index in [2.05, 4.69) is 22.4 Å². The van der Waals surface area contributed by atoms with Gasteiger partial charge in [-0.3, -0.25) is 9.59 Å². The van der Waals surface area contributed by atoms with E-state index in [0.29, 0.717) is 18.1 Å². The van der Waals surface area contributed by atoms with Crippen LogP contribution in [0.4, 0.5) is 5.82 Å². The second kappa shape index (κ2) is 7.53. The molecule has 2 aromatic heterocycles. The predicted molar refractivity (Wildman–Crippen MR) is 85.3 cm³/mol. The van der Waals surface area contributed by atoms with Crippen LogP contribution in [-0.2, 0) is 0 Å². The molecule has 7 nitrogen and oxygen atoms in total. The van der Waals surface area contributed by atoms with E-state index in [1.807, 2.05) is 0 Å². The van der Waals surface area contributed by atoms with Crippen LogP contribution in [0.5, 0.6) is 0 Å². The van der Waals surface area contributed by atoms with Gasteiger partial charge in [0.25, 0.3) is 11.8 Å². The Morgan fingerprint density at radius 2 is 2.04 bits per heavy atom. The van der Waals surface area contributed by atoms with Gasteiger partial charge in [0, 0.05) is 19.7 Å². The van der Waals surface area contributed by atoms with Gasteiger partial charge in [0.15, 0.2) is 5.82 Å². The predicted octanol–water partition coefficient (Wildman–Crippen LogP) is 2.50. The van der Waals surface area contributed by atoms with Crippen molar-refractivity contribution in [2.75, 3.05) is 18.9 Å². The molecule has 0 aromatic carbocycles. The SMILES string of the molecule is CCCCN(C)C(=O)c1cccc(C(=O)Nc2cc(C)on2)n1. The molecule has 0 aliphatic carbocycles. The first-order valence-electron chi connectivity index (χ1n) is 7.48. The summed E-state index contributed by atoms with van der Waals surface area (Å²) >= 11 is 0. The molecule has 0 spiro atoms. The fourth-order valence-electron chi connectivity index (χ4n) is 1.98. The molecule has 122 valence electrons. The Morgan fingerprint density at radius 1 is 1.30 bits per heavy atom. The molecule has 2 heterocycles. The highest BCUT2D eigenvalue weighted by Gasteiger charge is 2.16. The number of aromatic nitrogens is 2. The van der Waals surface area contributed by atoms with Crippen LogP contribution in [-0.4, -0.2) is 40.4 Å². The third-order valence-electron chi connectivity index (χ3n) is 3.26. The summed E-state index contributed by atoms with van der Waals surface area (Å²) in [7, 11) is 1.73. The molecule has 0 saturated carbocycles. The summed E-state index contributed by atoms with van der Waals surface area (Å²) in [5.41, 5.74) is 0.396. The molecule has 0 fully saturated rings. The Balaban J connectivity index is 2.09. The number of hydrogen-bond acceptors (Lipinski definition) is 5. The number of anilines is 1. The maximum absolute atomic E-state index is 12.3. The quantitative estimate of drug-likeness (QED) is 0.884. The lowest BCUT2D eigenvalue weighted by Crippen LogP contribution is -2.29. The first-order valence-corrected chi connectivity index (χ1v) is 7.48. The molecule has 1 N–H and O–H groups in total. The van der Waals surface area contributed by atoms with E-state index in [-0.39, 0.29) is 17.3 Å². The number of carbonyl (C=O) groups excluding carboxylic acids is 2. The highest BCUT2D eigenvalue weighted by molar-refractivity contribution is 6.03. The van der Waals surface area contributed by atoms with Crippen molar-refractivity contribution < 1.29 is 14.1 Å². The van der Waals surface area contributed by atoms with Crippen LogP contribution in [0.3, 0.4) is 0 Å². The fourth-order valence-corrected chi connectivity index (χ4v) is 1.98. The summed E-state index contributed by atoms with van der Waals surface area (Å²) in [4.78, 5) is 30.2. The monoisotopic (exact) mass is 316 g/mol. The molecule has 23 heavy (non-hydrogen) atoms. The van der Waals surface area contributed by atoms with E-state index in [1.165, 1.54) is 0 Å². The zero-order valence-electron chi connectivity index (χ0n) is 13.5. The molecule has 0 radical (unpaired) electrons. The number of pyridine rings is 1. The molecule has 2 rings (SSSR count). The molecule has 0 bridgehead atoms. The van der Waals surface area contributed by atoms with Crippen LogP contribution in [0.1, 0.15) is 46.5 Å². The maximum atomic E-state index is 12.3. The molecule has 7 heteroatoms. The van der Waals surface area contributed by atoms with Crippen LogP contribution in [0.2, 0.25) is 0 Å². The van der Waals surface area contributed by atoms with E-state index in [1.54, 1.807) is 43.1 Å². The fraction of sp³-hybridized carbons (Fsp3) is 0.375. The number of nitrogens with zero attached hydrogens (tertiary/aromatic N) is 3. The van der Waals surface area contributed by atoms with Gasteiger partial charge in [-0.25, -0.2) is 4.98 Å². The van der Waals surface area contributed by atoms with Gasteiger partial charge in [-0.2, -0.15) is 0 Å². The van der Waals surface area contributed by atoms with E-state index in [0.717, 1.165) is 12.8 Å². The van der Waals surface area contributed by atoms with E-state index >= 15 is 0 Å². The van der Waals surface area contributed by atoms with Gasteiger partial charge in [-0.05, 0) is 25.5 Å². The Kier molecular flexibility index (Phi) is 5.46. The largest absolute Gasteiger partial charge is 0.360 e. The van der Waals surface area contributed by atoms with Crippen LogP contribution in [0.15, 0.2) is 28.8 Å². The number of hydrogen-bond donors (Lipinski definition) is 1.